The highest BCUT2D eigenvalue weighted by Gasteiger charge is 2.07. The third-order valence-electron chi connectivity index (χ3n) is 3.48. The van der Waals surface area contributed by atoms with Gasteiger partial charge in [-0.05, 0) is 18.6 Å². The van der Waals surface area contributed by atoms with E-state index < -0.39 is 17.2 Å². The Morgan fingerprint density at radius 1 is 1.13 bits per heavy atom. The van der Waals surface area contributed by atoms with Crippen molar-refractivity contribution >= 4 is 12.0 Å². The molecule has 0 aliphatic heterocycles. The molecule has 0 spiro atoms. The molecule has 2 rings (SSSR count). The molecule has 6 heteroatoms. The van der Waals surface area contributed by atoms with E-state index in [1.54, 1.807) is 6.08 Å². The van der Waals surface area contributed by atoms with Crippen LogP contribution in [0.4, 0.5) is 0 Å². The maximum absolute atomic E-state index is 11.8. The van der Waals surface area contributed by atoms with E-state index in [0.29, 0.717) is 5.69 Å². The van der Waals surface area contributed by atoms with Crippen LogP contribution in [0.25, 0.3) is 6.08 Å². The van der Waals surface area contributed by atoms with Crippen molar-refractivity contribution in [3.05, 3.63) is 74.1 Å². The normalized spacial score (nSPS) is 10.9. The zero-order chi connectivity index (χ0) is 17.0. The molecule has 23 heavy (non-hydrogen) atoms. The van der Waals surface area contributed by atoms with Crippen LogP contribution in [0.2, 0.25) is 0 Å². The molecule has 0 bridgehead atoms. The Balaban J connectivity index is 2.04. The molecule has 1 heterocycles. The lowest BCUT2D eigenvalue weighted by atomic mass is 10.1. The van der Waals surface area contributed by atoms with Gasteiger partial charge in [0.05, 0.1) is 5.69 Å². The fourth-order valence-electron chi connectivity index (χ4n) is 1.95. The van der Waals surface area contributed by atoms with Crippen LogP contribution in [-0.4, -0.2) is 15.1 Å². The number of rotatable bonds is 4. The third-order valence-corrected chi connectivity index (χ3v) is 3.48. The minimum atomic E-state index is -0.543. The van der Waals surface area contributed by atoms with Crippen LogP contribution in [0, 0.1) is 6.92 Å². The Morgan fingerprint density at radius 2 is 1.78 bits per heavy atom. The van der Waals surface area contributed by atoms with Gasteiger partial charge in [-0.2, -0.15) is 0 Å². The van der Waals surface area contributed by atoms with Gasteiger partial charge < -0.3 is 4.74 Å². The maximum atomic E-state index is 11.8. The van der Waals surface area contributed by atoms with Gasteiger partial charge in [-0.25, -0.2) is 9.59 Å². The molecule has 120 valence electrons. The molecule has 1 aromatic heterocycles. The largest absolute Gasteiger partial charge is 0.456 e. The number of hydrogen-bond donors (Lipinski definition) is 0. The van der Waals surface area contributed by atoms with Gasteiger partial charge in [0, 0.05) is 26.2 Å². The summed E-state index contributed by atoms with van der Waals surface area (Å²) in [4.78, 5) is 35.1. The average Bonchev–Trinajstić information content (AvgIpc) is 2.54. The Labute approximate surface area is 133 Å². The molecule has 0 saturated heterocycles. The van der Waals surface area contributed by atoms with Gasteiger partial charge in [-0.1, -0.05) is 29.8 Å². The van der Waals surface area contributed by atoms with Crippen LogP contribution < -0.4 is 11.2 Å². The summed E-state index contributed by atoms with van der Waals surface area (Å²) < 4.78 is 7.34. The summed E-state index contributed by atoms with van der Waals surface area (Å²) in [6, 6.07) is 8.95. The van der Waals surface area contributed by atoms with Gasteiger partial charge in [0.15, 0.2) is 0 Å². The van der Waals surface area contributed by atoms with Crippen LogP contribution >= 0.6 is 0 Å². The molecule has 0 amide bonds. The number of ether oxygens (including phenoxy) is 1. The van der Waals surface area contributed by atoms with Crippen LogP contribution in [0.1, 0.15) is 16.8 Å². The average molecular weight is 314 g/mol. The van der Waals surface area contributed by atoms with Gasteiger partial charge in [-0.3, -0.25) is 13.9 Å². The van der Waals surface area contributed by atoms with Crippen molar-refractivity contribution in [2.75, 3.05) is 0 Å². The van der Waals surface area contributed by atoms with Crippen molar-refractivity contribution in [2.45, 2.75) is 13.5 Å². The predicted molar refractivity (Wildman–Crippen MR) is 86.9 cm³/mol. The first-order chi connectivity index (χ1) is 10.9. The number of carbonyl (C=O) groups excluding carboxylic acids is 1. The monoisotopic (exact) mass is 314 g/mol. The molecule has 0 unspecified atom stereocenters. The zero-order valence-corrected chi connectivity index (χ0v) is 13.3. The number of nitrogens with zero attached hydrogens (tertiary/aromatic N) is 2. The van der Waals surface area contributed by atoms with Crippen molar-refractivity contribution in [3.8, 4) is 0 Å². The summed E-state index contributed by atoms with van der Waals surface area (Å²) >= 11 is 0. The van der Waals surface area contributed by atoms with E-state index in [1.165, 1.54) is 30.8 Å². The molecule has 2 aromatic rings. The van der Waals surface area contributed by atoms with Crippen molar-refractivity contribution in [1.29, 1.82) is 0 Å². The quantitative estimate of drug-likeness (QED) is 0.627. The number of benzene rings is 1. The van der Waals surface area contributed by atoms with Crippen molar-refractivity contribution in [1.82, 2.24) is 9.13 Å². The van der Waals surface area contributed by atoms with Crippen LogP contribution in [-0.2, 0) is 30.2 Å². The lowest BCUT2D eigenvalue weighted by Gasteiger charge is -2.09. The summed E-state index contributed by atoms with van der Waals surface area (Å²) in [6.07, 6.45) is 2.95. The molecule has 0 N–H and O–H groups in total. The first-order valence-electron chi connectivity index (χ1n) is 7.06. The van der Waals surface area contributed by atoms with Gasteiger partial charge >= 0.3 is 11.7 Å². The second kappa shape index (κ2) is 6.91. The van der Waals surface area contributed by atoms with E-state index in [2.05, 4.69) is 0 Å². The van der Waals surface area contributed by atoms with Crippen molar-refractivity contribution in [3.63, 3.8) is 0 Å². The first kappa shape index (κ1) is 16.5. The summed E-state index contributed by atoms with van der Waals surface area (Å²) in [5, 5.41) is 0. The minimum Gasteiger partial charge on any atom is -0.456 e. The lowest BCUT2D eigenvalue weighted by molar-refractivity contribution is -0.139. The molecule has 6 nitrogen and oxygen atoms in total. The number of esters is 1. The van der Waals surface area contributed by atoms with E-state index in [0.717, 1.165) is 15.7 Å². The Hall–Kier alpha value is -2.89. The van der Waals surface area contributed by atoms with E-state index in [4.69, 9.17) is 4.74 Å². The number of aryl methyl sites for hydroxylation is 1. The van der Waals surface area contributed by atoms with Crippen molar-refractivity contribution in [2.24, 2.45) is 14.1 Å². The van der Waals surface area contributed by atoms with Crippen molar-refractivity contribution < 1.29 is 9.53 Å². The third kappa shape index (κ3) is 4.06. The molecule has 0 aliphatic rings. The van der Waals surface area contributed by atoms with Gasteiger partial charge in [0.25, 0.3) is 5.56 Å². The minimum absolute atomic E-state index is 0.140. The zero-order valence-electron chi connectivity index (χ0n) is 13.3. The summed E-state index contributed by atoms with van der Waals surface area (Å²) in [5.74, 6) is -0.543. The molecule has 0 radical (unpaired) electrons. The van der Waals surface area contributed by atoms with Gasteiger partial charge in [-0.15, -0.1) is 0 Å². The van der Waals surface area contributed by atoms with Crippen LogP contribution in [0.5, 0.6) is 0 Å². The number of carbonyl (C=O) groups is 1. The van der Waals surface area contributed by atoms with Crippen LogP contribution in [0.3, 0.4) is 0 Å². The molecule has 1 aromatic carbocycles. The molecule has 0 aliphatic carbocycles. The first-order valence-corrected chi connectivity index (χ1v) is 7.06. The Bertz CT molecular complexity index is 858. The Morgan fingerprint density at radius 3 is 2.43 bits per heavy atom. The highest BCUT2D eigenvalue weighted by Crippen LogP contribution is 2.05. The molecule has 0 atom stereocenters. The molecule has 0 saturated carbocycles. The SMILES string of the molecule is Cc1ccc(/C=C\C(=O)OCc2cc(=O)n(C)c(=O)n2C)cc1. The van der Waals surface area contributed by atoms with E-state index in [9.17, 15) is 14.4 Å². The highest BCUT2D eigenvalue weighted by molar-refractivity contribution is 5.87. The summed E-state index contributed by atoms with van der Waals surface area (Å²) in [6.45, 7) is 1.84. The van der Waals surface area contributed by atoms with Gasteiger partial charge in [0.2, 0.25) is 0 Å². The lowest BCUT2D eigenvalue weighted by Crippen LogP contribution is -2.38. The second-order valence-electron chi connectivity index (χ2n) is 5.23. The standard InChI is InChI=1S/C17H18N2O4/c1-12-4-6-13(7-5-12)8-9-16(21)23-11-14-10-15(20)19(3)17(22)18(14)2/h4-10H,11H2,1-3H3/b9-8-. The van der Waals surface area contributed by atoms with E-state index in [-0.39, 0.29) is 6.61 Å². The maximum Gasteiger partial charge on any atom is 0.331 e. The molecular weight excluding hydrogens is 296 g/mol. The fourth-order valence-corrected chi connectivity index (χ4v) is 1.95. The Kier molecular flexibility index (Phi) is 4.95. The summed E-state index contributed by atoms with van der Waals surface area (Å²) in [5.41, 5.74) is 1.47. The van der Waals surface area contributed by atoms with E-state index in [1.807, 2.05) is 31.2 Å². The van der Waals surface area contributed by atoms with Crippen LogP contribution in [0.15, 0.2) is 46.0 Å². The smallest absolute Gasteiger partial charge is 0.331 e. The fraction of sp³-hybridized carbons (Fsp3) is 0.235. The molecule has 0 fully saturated rings. The number of hydrogen-bond acceptors (Lipinski definition) is 4. The summed E-state index contributed by atoms with van der Waals surface area (Å²) in [7, 11) is 2.91. The highest BCUT2D eigenvalue weighted by atomic mass is 16.5. The van der Waals surface area contributed by atoms with Gasteiger partial charge in [0.1, 0.15) is 6.61 Å². The number of aromatic nitrogens is 2. The topological polar surface area (TPSA) is 70.3 Å². The second-order valence-corrected chi connectivity index (χ2v) is 5.23. The molecular formula is C17H18N2O4. The van der Waals surface area contributed by atoms with E-state index >= 15 is 0 Å². The predicted octanol–water partition coefficient (Wildman–Crippen LogP) is 1.15.